The van der Waals surface area contributed by atoms with Crippen molar-refractivity contribution in [2.45, 2.75) is 31.1 Å². The van der Waals surface area contributed by atoms with E-state index in [1.165, 1.54) is 12.1 Å². The van der Waals surface area contributed by atoms with Crippen molar-refractivity contribution in [2.75, 3.05) is 6.54 Å². The van der Waals surface area contributed by atoms with Gasteiger partial charge in [0.15, 0.2) is 0 Å². The van der Waals surface area contributed by atoms with Crippen molar-refractivity contribution in [2.24, 2.45) is 0 Å². The fourth-order valence-electron chi connectivity index (χ4n) is 4.06. The van der Waals surface area contributed by atoms with Crippen LogP contribution >= 0.6 is 11.6 Å². The van der Waals surface area contributed by atoms with Crippen LogP contribution in [0.5, 0.6) is 0 Å². The Morgan fingerprint density at radius 3 is 2.67 bits per heavy atom. The molecule has 1 saturated heterocycles. The van der Waals surface area contributed by atoms with Crippen LogP contribution in [-0.2, 0) is 11.0 Å². The topological polar surface area (TPSA) is 53.4 Å². The van der Waals surface area contributed by atoms with Crippen molar-refractivity contribution in [3.05, 3.63) is 76.4 Å². The number of hydrogen-bond acceptors (Lipinski definition) is 3. The minimum absolute atomic E-state index is 0.308. The second kappa shape index (κ2) is 7.89. The molecule has 1 fully saturated rings. The minimum Gasteiger partial charge on any atom is -0.480 e. The molecule has 2 atom stereocenters. The Morgan fingerprint density at radius 2 is 1.93 bits per heavy atom. The number of aliphatic carboxylic acids is 1. The Kier molecular flexibility index (Phi) is 5.42. The number of carboxylic acids is 1. The first-order chi connectivity index (χ1) is 14.3. The average Bonchev–Trinajstić information content (AvgIpc) is 3.18. The van der Waals surface area contributed by atoms with Gasteiger partial charge in [0, 0.05) is 11.9 Å². The SMILES string of the molecule is O=C(O)C1CCCN1C(c1ccc(Cl)c(C(F)(F)F)c1)c1ccc2ccccc2n1. The van der Waals surface area contributed by atoms with Gasteiger partial charge in [-0.05, 0) is 42.7 Å². The van der Waals surface area contributed by atoms with E-state index in [0.717, 1.165) is 11.5 Å². The highest BCUT2D eigenvalue weighted by molar-refractivity contribution is 6.31. The second-order valence-electron chi connectivity index (χ2n) is 7.30. The molecular formula is C22H18ClF3N2O2. The lowest BCUT2D eigenvalue weighted by Gasteiger charge is -2.31. The molecule has 0 aliphatic carbocycles. The number of aromatic nitrogens is 1. The summed E-state index contributed by atoms with van der Waals surface area (Å²) in [7, 11) is 0. The molecule has 156 valence electrons. The van der Waals surface area contributed by atoms with Gasteiger partial charge >= 0.3 is 12.1 Å². The lowest BCUT2D eigenvalue weighted by atomic mass is 9.97. The van der Waals surface area contributed by atoms with Gasteiger partial charge in [-0.2, -0.15) is 13.2 Å². The van der Waals surface area contributed by atoms with Gasteiger partial charge in [0.25, 0.3) is 0 Å². The van der Waals surface area contributed by atoms with Gasteiger partial charge in [0.05, 0.1) is 27.8 Å². The lowest BCUT2D eigenvalue weighted by molar-refractivity contribution is -0.143. The molecular weight excluding hydrogens is 417 g/mol. The molecule has 0 amide bonds. The van der Waals surface area contributed by atoms with Crippen LogP contribution in [0, 0.1) is 0 Å². The smallest absolute Gasteiger partial charge is 0.417 e. The van der Waals surface area contributed by atoms with Crippen LogP contribution in [0.3, 0.4) is 0 Å². The summed E-state index contributed by atoms with van der Waals surface area (Å²) in [6.45, 7) is 0.445. The molecule has 2 aromatic carbocycles. The van der Waals surface area contributed by atoms with Crippen LogP contribution < -0.4 is 0 Å². The maximum Gasteiger partial charge on any atom is 0.417 e. The second-order valence-corrected chi connectivity index (χ2v) is 7.71. The van der Waals surface area contributed by atoms with E-state index in [9.17, 15) is 23.1 Å². The number of halogens is 4. The summed E-state index contributed by atoms with van der Waals surface area (Å²) >= 11 is 5.81. The quantitative estimate of drug-likeness (QED) is 0.585. The normalized spacial score (nSPS) is 18.6. The Morgan fingerprint density at radius 1 is 1.17 bits per heavy atom. The molecule has 1 aliphatic rings. The van der Waals surface area contributed by atoms with Gasteiger partial charge in [-0.1, -0.05) is 41.9 Å². The molecule has 4 nitrogen and oxygen atoms in total. The van der Waals surface area contributed by atoms with Gasteiger partial charge < -0.3 is 5.11 Å². The van der Waals surface area contributed by atoms with Crippen LogP contribution in [0.15, 0.2) is 54.6 Å². The van der Waals surface area contributed by atoms with E-state index in [0.29, 0.717) is 36.2 Å². The van der Waals surface area contributed by atoms with Crippen molar-refractivity contribution < 1.29 is 23.1 Å². The molecule has 2 unspecified atom stereocenters. The minimum atomic E-state index is -4.62. The zero-order chi connectivity index (χ0) is 21.5. The van der Waals surface area contributed by atoms with E-state index in [1.54, 1.807) is 11.0 Å². The van der Waals surface area contributed by atoms with E-state index < -0.39 is 34.8 Å². The number of benzene rings is 2. The Bertz CT molecular complexity index is 1100. The first kappa shape index (κ1) is 20.6. The van der Waals surface area contributed by atoms with Gasteiger partial charge in [-0.3, -0.25) is 14.7 Å². The van der Waals surface area contributed by atoms with E-state index in [-0.39, 0.29) is 0 Å². The van der Waals surface area contributed by atoms with E-state index in [1.807, 2.05) is 30.3 Å². The zero-order valence-electron chi connectivity index (χ0n) is 15.7. The Hall–Kier alpha value is -2.64. The van der Waals surface area contributed by atoms with Gasteiger partial charge in [-0.25, -0.2) is 0 Å². The third-order valence-electron chi connectivity index (χ3n) is 5.42. The summed E-state index contributed by atoms with van der Waals surface area (Å²) in [4.78, 5) is 18.2. The van der Waals surface area contributed by atoms with Crippen LogP contribution in [-0.4, -0.2) is 33.5 Å². The van der Waals surface area contributed by atoms with Crippen molar-refractivity contribution in [3.63, 3.8) is 0 Å². The number of fused-ring (bicyclic) bond motifs is 1. The van der Waals surface area contributed by atoms with Gasteiger partial charge in [0.2, 0.25) is 0 Å². The third kappa shape index (κ3) is 3.87. The fourth-order valence-corrected chi connectivity index (χ4v) is 4.28. The van der Waals surface area contributed by atoms with Crippen molar-refractivity contribution in [3.8, 4) is 0 Å². The predicted octanol–water partition coefficient (Wildman–Crippen LogP) is 5.55. The highest BCUT2D eigenvalue weighted by atomic mass is 35.5. The van der Waals surface area contributed by atoms with Crippen LogP contribution in [0.25, 0.3) is 10.9 Å². The van der Waals surface area contributed by atoms with Crippen molar-refractivity contribution in [1.82, 2.24) is 9.88 Å². The summed E-state index contributed by atoms with van der Waals surface area (Å²) in [5.41, 5.74) is 0.551. The molecule has 0 spiro atoms. The molecule has 0 saturated carbocycles. The van der Waals surface area contributed by atoms with Gasteiger partial charge in [-0.15, -0.1) is 0 Å². The standard InChI is InChI=1S/C22H18ClF3N2O2/c23-16-9-7-14(12-15(16)22(24,25)26)20(28-11-3-6-19(28)21(29)30)18-10-8-13-4-1-2-5-17(13)27-18/h1-2,4-5,7-10,12,19-20H,3,6,11H2,(H,29,30). The molecule has 30 heavy (non-hydrogen) atoms. The molecule has 4 rings (SSSR count). The fraction of sp³-hybridized carbons (Fsp3) is 0.273. The number of carboxylic acid groups (broad SMARTS) is 1. The predicted molar refractivity (Wildman–Crippen MR) is 107 cm³/mol. The number of likely N-dealkylation sites (tertiary alicyclic amines) is 1. The number of carbonyl (C=O) groups is 1. The Balaban J connectivity index is 1.89. The monoisotopic (exact) mass is 434 g/mol. The van der Waals surface area contributed by atoms with Crippen LogP contribution in [0.4, 0.5) is 13.2 Å². The average molecular weight is 435 g/mol. The van der Waals surface area contributed by atoms with E-state index >= 15 is 0 Å². The molecule has 1 aliphatic heterocycles. The highest BCUT2D eigenvalue weighted by Crippen LogP contribution is 2.40. The summed E-state index contributed by atoms with van der Waals surface area (Å²) in [5.74, 6) is -0.997. The molecule has 0 radical (unpaired) electrons. The lowest BCUT2D eigenvalue weighted by Crippen LogP contribution is -2.39. The third-order valence-corrected chi connectivity index (χ3v) is 5.75. The number of rotatable bonds is 4. The molecule has 0 bridgehead atoms. The summed E-state index contributed by atoms with van der Waals surface area (Å²) in [5, 5.41) is 10.2. The number of nitrogens with zero attached hydrogens (tertiary/aromatic N) is 2. The summed E-state index contributed by atoms with van der Waals surface area (Å²) < 4.78 is 40.4. The number of pyridine rings is 1. The Labute approximate surface area is 175 Å². The molecule has 1 N–H and O–H groups in total. The molecule has 1 aromatic heterocycles. The van der Waals surface area contributed by atoms with Crippen molar-refractivity contribution in [1.29, 1.82) is 0 Å². The summed E-state index contributed by atoms with van der Waals surface area (Å²) in [6.07, 6.45) is -3.55. The van der Waals surface area contributed by atoms with Gasteiger partial charge in [0.1, 0.15) is 6.04 Å². The maximum atomic E-state index is 13.5. The largest absolute Gasteiger partial charge is 0.480 e. The molecule has 8 heteroatoms. The van der Waals surface area contributed by atoms with E-state index in [4.69, 9.17) is 11.6 Å². The maximum absolute atomic E-state index is 13.5. The van der Waals surface area contributed by atoms with Crippen molar-refractivity contribution >= 4 is 28.5 Å². The molecule has 3 aromatic rings. The summed E-state index contributed by atoms with van der Waals surface area (Å²) in [6, 6.07) is 13.2. The van der Waals surface area contributed by atoms with Crippen LogP contribution in [0.2, 0.25) is 5.02 Å². The number of hydrogen-bond donors (Lipinski definition) is 1. The number of para-hydroxylation sites is 1. The highest BCUT2D eigenvalue weighted by Gasteiger charge is 2.39. The van der Waals surface area contributed by atoms with E-state index in [2.05, 4.69) is 4.98 Å². The first-order valence-corrected chi connectivity index (χ1v) is 9.84. The first-order valence-electron chi connectivity index (χ1n) is 9.46. The molecule has 2 heterocycles. The zero-order valence-corrected chi connectivity index (χ0v) is 16.5. The number of alkyl halides is 3. The van der Waals surface area contributed by atoms with Crippen LogP contribution in [0.1, 0.15) is 35.7 Å².